The molecular formula is C26H33N5O4S. The predicted molar refractivity (Wildman–Crippen MR) is 145 cm³/mol. The molecule has 0 heterocycles. The molecule has 0 saturated carbocycles. The van der Waals surface area contributed by atoms with Gasteiger partial charge in [0.15, 0.2) is 0 Å². The Morgan fingerprint density at radius 2 is 1.67 bits per heavy atom. The number of hydrogen-bond acceptors (Lipinski definition) is 7. The SMILES string of the molecule is C=C(/N=C(\C(CC(=O)O)=C(/N)N(C)C)N(C)C)SCc1ccc(NC(=O)OCc2ccccc2)cc1. The van der Waals surface area contributed by atoms with Crippen LogP contribution in [0.5, 0.6) is 0 Å². The number of rotatable bonds is 11. The average molecular weight is 512 g/mol. The number of amides is 1. The summed E-state index contributed by atoms with van der Waals surface area (Å²) in [5.41, 5.74) is 9.09. The van der Waals surface area contributed by atoms with E-state index in [1.165, 1.54) is 11.8 Å². The number of amidine groups is 1. The highest BCUT2D eigenvalue weighted by atomic mass is 32.2. The van der Waals surface area contributed by atoms with Gasteiger partial charge in [-0.15, -0.1) is 11.8 Å². The van der Waals surface area contributed by atoms with Gasteiger partial charge in [-0.1, -0.05) is 49.0 Å². The monoisotopic (exact) mass is 511 g/mol. The Kier molecular flexibility index (Phi) is 10.9. The number of carbonyl (C=O) groups excluding carboxylic acids is 1. The minimum Gasteiger partial charge on any atom is -0.481 e. The van der Waals surface area contributed by atoms with E-state index < -0.39 is 12.1 Å². The lowest BCUT2D eigenvalue weighted by molar-refractivity contribution is -0.136. The number of nitrogens with two attached hydrogens (primary N) is 1. The highest BCUT2D eigenvalue weighted by Gasteiger charge is 2.19. The van der Waals surface area contributed by atoms with E-state index in [-0.39, 0.29) is 13.0 Å². The number of likely N-dealkylation sites (N-methyl/N-ethyl adjacent to an activating group) is 1. The van der Waals surface area contributed by atoms with Crippen molar-refractivity contribution in [2.45, 2.75) is 18.8 Å². The Labute approximate surface area is 216 Å². The minimum absolute atomic E-state index is 0.197. The number of nitrogens with zero attached hydrogens (tertiary/aromatic N) is 3. The van der Waals surface area contributed by atoms with Crippen molar-refractivity contribution in [2.24, 2.45) is 10.7 Å². The second kappa shape index (κ2) is 13.8. The summed E-state index contributed by atoms with van der Waals surface area (Å²) in [5, 5.41) is 12.6. The molecule has 4 N–H and O–H groups in total. The van der Waals surface area contributed by atoms with E-state index in [0.717, 1.165) is 11.1 Å². The molecule has 0 bridgehead atoms. The molecule has 36 heavy (non-hydrogen) atoms. The first-order valence-electron chi connectivity index (χ1n) is 11.1. The van der Waals surface area contributed by atoms with Crippen LogP contribution in [-0.2, 0) is 21.9 Å². The molecule has 192 valence electrons. The summed E-state index contributed by atoms with van der Waals surface area (Å²) in [4.78, 5) is 31.4. The average Bonchev–Trinajstić information content (AvgIpc) is 2.84. The number of carboxylic acid groups (broad SMARTS) is 1. The largest absolute Gasteiger partial charge is 0.481 e. The summed E-state index contributed by atoms with van der Waals surface area (Å²) >= 11 is 1.41. The molecule has 0 saturated heterocycles. The molecule has 0 aliphatic heterocycles. The van der Waals surface area contributed by atoms with Crippen LogP contribution in [0.3, 0.4) is 0 Å². The lowest BCUT2D eigenvalue weighted by Gasteiger charge is -2.23. The van der Waals surface area contributed by atoms with Crippen LogP contribution in [0.2, 0.25) is 0 Å². The normalized spacial score (nSPS) is 11.8. The first-order chi connectivity index (χ1) is 17.1. The van der Waals surface area contributed by atoms with Crippen LogP contribution in [0, 0.1) is 0 Å². The van der Waals surface area contributed by atoms with Gasteiger partial charge >= 0.3 is 12.1 Å². The molecule has 2 rings (SSSR count). The van der Waals surface area contributed by atoms with Gasteiger partial charge in [0.1, 0.15) is 18.3 Å². The Morgan fingerprint density at radius 3 is 2.22 bits per heavy atom. The van der Waals surface area contributed by atoms with Crippen LogP contribution >= 0.6 is 11.8 Å². The topological polar surface area (TPSA) is 120 Å². The van der Waals surface area contributed by atoms with Gasteiger partial charge in [0.2, 0.25) is 0 Å². The van der Waals surface area contributed by atoms with Crippen molar-refractivity contribution in [3.8, 4) is 0 Å². The number of carbonyl (C=O) groups is 2. The first kappa shape index (κ1) is 28.3. The highest BCUT2D eigenvalue weighted by Crippen LogP contribution is 2.24. The third-order valence-corrected chi connectivity index (χ3v) is 5.76. The summed E-state index contributed by atoms with van der Waals surface area (Å²) in [6.07, 6.45) is -0.788. The summed E-state index contributed by atoms with van der Waals surface area (Å²) < 4.78 is 5.24. The summed E-state index contributed by atoms with van der Waals surface area (Å²) in [6.45, 7) is 4.21. The predicted octanol–water partition coefficient (Wildman–Crippen LogP) is 4.31. The number of nitrogens with one attached hydrogen (secondary N) is 1. The van der Waals surface area contributed by atoms with Gasteiger partial charge in [-0.25, -0.2) is 9.79 Å². The molecule has 0 spiro atoms. The van der Waals surface area contributed by atoms with E-state index in [1.807, 2.05) is 42.5 Å². The van der Waals surface area contributed by atoms with Gasteiger partial charge in [-0.2, -0.15) is 0 Å². The number of carboxylic acids is 1. The first-order valence-corrected chi connectivity index (χ1v) is 12.1. The molecular weight excluding hydrogens is 478 g/mol. The third-order valence-electron chi connectivity index (χ3n) is 4.86. The van der Waals surface area contributed by atoms with Crippen molar-refractivity contribution in [3.63, 3.8) is 0 Å². The third kappa shape index (κ3) is 9.38. The van der Waals surface area contributed by atoms with Crippen LogP contribution in [0.1, 0.15) is 17.5 Å². The van der Waals surface area contributed by atoms with Gasteiger partial charge in [0.05, 0.1) is 11.4 Å². The molecule has 0 aliphatic rings. The van der Waals surface area contributed by atoms with Crippen LogP contribution in [0.4, 0.5) is 10.5 Å². The van der Waals surface area contributed by atoms with E-state index in [0.29, 0.717) is 33.7 Å². The van der Waals surface area contributed by atoms with Gasteiger partial charge in [-0.3, -0.25) is 10.1 Å². The van der Waals surface area contributed by atoms with Crippen molar-refractivity contribution >= 4 is 35.3 Å². The van der Waals surface area contributed by atoms with E-state index in [2.05, 4.69) is 16.9 Å². The molecule has 10 heteroatoms. The maximum Gasteiger partial charge on any atom is 0.411 e. The van der Waals surface area contributed by atoms with Crippen LogP contribution in [0.25, 0.3) is 0 Å². The van der Waals surface area contributed by atoms with Crippen LogP contribution in [0.15, 0.2) is 82.6 Å². The Balaban J connectivity index is 1.98. The fourth-order valence-corrected chi connectivity index (χ4v) is 3.70. The lowest BCUT2D eigenvalue weighted by atomic mass is 10.1. The summed E-state index contributed by atoms with van der Waals surface area (Å²) in [7, 11) is 7.04. The van der Waals surface area contributed by atoms with Gasteiger partial charge in [0.25, 0.3) is 0 Å². The zero-order chi connectivity index (χ0) is 26.7. The maximum atomic E-state index is 12.0. The number of ether oxygens (including phenoxy) is 1. The quantitative estimate of drug-likeness (QED) is 0.302. The maximum absolute atomic E-state index is 12.0. The van der Waals surface area contributed by atoms with Gasteiger partial charge < -0.3 is 25.4 Å². The zero-order valence-corrected chi connectivity index (χ0v) is 21.8. The van der Waals surface area contributed by atoms with Crippen molar-refractivity contribution in [1.82, 2.24) is 9.80 Å². The molecule has 9 nitrogen and oxygen atoms in total. The molecule has 2 aromatic rings. The molecule has 0 unspecified atom stereocenters. The van der Waals surface area contributed by atoms with Crippen LogP contribution < -0.4 is 11.1 Å². The molecule has 1 amide bonds. The van der Waals surface area contributed by atoms with Crippen molar-refractivity contribution in [1.29, 1.82) is 0 Å². The number of anilines is 1. The van der Waals surface area contributed by atoms with Crippen LogP contribution in [-0.4, -0.2) is 61.0 Å². The second-order valence-corrected chi connectivity index (χ2v) is 9.27. The fraction of sp³-hybridized carbons (Fsp3) is 0.269. The Morgan fingerprint density at radius 1 is 1.03 bits per heavy atom. The molecule has 0 aliphatic carbocycles. The lowest BCUT2D eigenvalue weighted by Crippen LogP contribution is -2.31. The second-order valence-electron chi connectivity index (χ2n) is 8.22. The van der Waals surface area contributed by atoms with E-state index in [4.69, 9.17) is 10.5 Å². The van der Waals surface area contributed by atoms with E-state index >= 15 is 0 Å². The molecule has 0 fully saturated rings. The summed E-state index contributed by atoms with van der Waals surface area (Å²) in [5.74, 6) is 0.353. The van der Waals surface area contributed by atoms with Crippen molar-refractivity contribution < 1.29 is 19.4 Å². The number of aliphatic carboxylic acids is 1. The smallest absolute Gasteiger partial charge is 0.411 e. The van der Waals surface area contributed by atoms with Crippen molar-refractivity contribution in [2.75, 3.05) is 33.5 Å². The molecule has 0 radical (unpaired) electrons. The minimum atomic E-state index is -1.000. The highest BCUT2D eigenvalue weighted by molar-refractivity contribution is 8.02. The standard InChI is InChI=1S/C26H33N5O4S/c1-18(28-25(31(4)5)22(15-23(32)33)24(27)30(2)3)36-17-20-11-13-21(14-12-20)29-26(34)35-16-19-9-7-6-8-10-19/h6-14H,1,15-17,27H2,2-5H3,(H,29,34)(H,32,33)/b24-22+,28-25+. The van der Waals surface area contributed by atoms with Gasteiger partial charge in [0, 0.05) is 45.2 Å². The number of thioether (sulfide) groups is 1. The Hall–Kier alpha value is -3.92. The summed E-state index contributed by atoms with van der Waals surface area (Å²) in [6, 6.07) is 16.8. The molecule has 0 atom stereocenters. The van der Waals surface area contributed by atoms with E-state index in [1.54, 1.807) is 50.1 Å². The van der Waals surface area contributed by atoms with Crippen molar-refractivity contribution in [3.05, 3.63) is 88.7 Å². The van der Waals surface area contributed by atoms with Gasteiger partial charge in [-0.05, 0) is 23.3 Å². The number of hydrogen-bond donors (Lipinski definition) is 3. The fourth-order valence-electron chi connectivity index (χ4n) is 3.02. The Bertz CT molecular complexity index is 1110. The number of benzene rings is 2. The zero-order valence-electron chi connectivity index (χ0n) is 21.0. The molecule has 2 aromatic carbocycles. The molecule has 0 aromatic heterocycles. The van der Waals surface area contributed by atoms with E-state index in [9.17, 15) is 14.7 Å². The number of aliphatic imine (C=N–C) groups is 1.